The number of ether oxygens (including phenoxy) is 2. The van der Waals surface area contributed by atoms with E-state index in [2.05, 4.69) is 16.1 Å². The van der Waals surface area contributed by atoms with Crippen molar-refractivity contribution in [2.45, 2.75) is 53.9 Å². The average Bonchev–Trinajstić information content (AvgIpc) is 2.74. The molecule has 0 radical (unpaired) electrons. The van der Waals surface area contributed by atoms with E-state index >= 15 is 0 Å². The van der Waals surface area contributed by atoms with Gasteiger partial charge in [0.1, 0.15) is 0 Å². The van der Waals surface area contributed by atoms with E-state index in [1.807, 2.05) is 0 Å². The normalized spacial score (nSPS) is 14.6. The Bertz CT molecular complexity index is 1040. The third kappa shape index (κ3) is 6.76. The fourth-order valence-corrected chi connectivity index (χ4v) is 3.41. The molecule has 1 aromatic rings. The predicted molar refractivity (Wildman–Crippen MR) is 102 cm³/mol. The highest BCUT2D eigenvalue weighted by Crippen LogP contribution is 2.58. The first kappa shape index (κ1) is 40.1. The lowest BCUT2D eigenvalue weighted by atomic mass is 9.80. The van der Waals surface area contributed by atoms with Gasteiger partial charge in [-0.1, -0.05) is 6.58 Å². The molecule has 23 heteroatoms. The quantitative estimate of drug-likeness (QED) is 0.247. The Morgan fingerprint density at radius 1 is 0.581 bits per heavy atom. The number of hydrogen-bond donors (Lipinski definition) is 2. The summed E-state index contributed by atoms with van der Waals surface area (Å²) in [5, 5.41) is 17.0. The molecule has 0 aliphatic heterocycles. The van der Waals surface area contributed by atoms with E-state index in [1.165, 1.54) is 0 Å². The van der Waals surface area contributed by atoms with Crippen molar-refractivity contribution in [2.24, 2.45) is 0 Å². The van der Waals surface area contributed by atoms with Crippen LogP contribution in [-0.2, 0) is 31.1 Å². The molecule has 1 aromatic carbocycles. The zero-order valence-corrected chi connectivity index (χ0v) is 20.4. The lowest BCUT2D eigenvalue weighted by Gasteiger charge is -2.41. The number of carboxylic acids is 1. The van der Waals surface area contributed by atoms with Gasteiger partial charge in [-0.2, -0.15) is 79.0 Å². The Morgan fingerprint density at radius 2 is 0.791 bits per heavy atom. The van der Waals surface area contributed by atoms with Crippen LogP contribution in [0.5, 0.6) is 0 Å². The molecule has 0 fully saturated rings. The van der Waals surface area contributed by atoms with Gasteiger partial charge in [-0.3, -0.25) is 0 Å². The summed E-state index contributed by atoms with van der Waals surface area (Å²) in [5.74, 6) is -0.981. The van der Waals surface area contributed by atoms with Crippen molar-refractivity contribution < 1.29 is 104 Å². The standard InChI is InChI=1S/C17H10F18O3.C3H4O2/c1-37-10(14(24,25)26,15(27,28)29)7-3-6(9(36,12(18,19)20)13(21,22)23)4-8(5-7)11(38-2,16(30,31)32)17(33,34)35;1-2-3(4)5/h3-5,36H,1-2H3;2H,1H2,(H,4,5). The molecule has 0 bridgehead atoms. The highest BCUT2D eigenvalue weighted by atomic mass is 19.4. The summed E-state index contributed by atoms with van der Waals surface area (Å²) in [6, 6.07) is -4.07. The molecule has 43 heavy (non-hydrogen) atoms. The summed E-state index contributed by atoms with van der Waals surface area (Å²) in [5.41, 5.74) is -28.5. The molecule has 0 aliphatic carbocycles. The molecule has 0 atom stereocenters. The fraction of sp³-hybridized carbons (Fsp3) is 0.550. The van der Waals surface area contributed by atoms with Gasteiger partial charge in [0.05, 0.1) is 0 Å². The molecule has 0 saturated heterocycles. The van der Waals surface area contributed by atoms with Crippen LogP contribution in [0.1, 0.15) is 16.7 Å². The first-order valence-corrected chi connectivity index (χ1v) is 9.96. The number of carboxylic acid groups (broad SMARTS) is 1. The molecular formula is C20H14F18O5. The maximum absolute atomic E-state index is 13.6. The van der Waals surface area contributed by atoms with Gasteiger partial charge in [-0.15, -0.1) is 0 Å². The van der Waals surface area contributed by atoms with Crippen LogP contribution in [-0.4, -0.2) is 67.5 Å². The van der Waals surface area contributed by atoms with Crippen LogP contribution in [0.3, 0.4) is 0 Å². The Hall–Kier alpha value is -2.95. The maximum Gasteiger partial charge on any atom is 0.430 e. The summed E-state index contributed by atoms with van der Waals surface area (Å²) >= 11 is 0. The minimum Gasteiger partial charge on any atom is -0.478 e. The van der Waals surface area contributed by atoms with Crippen molar-refractivity contribution >= 4 is 5.97 Å². The van der Waals surface area contributed by atoms with E-state index in [1.54, 1.807) is 0 Å². The largest absolute Gasteiger partial charge is 0.478 e. The van der Waals surface area contributed by atoms with Crippen LogP contribution >= 0.6 is 0 Å². The molecule has 5 nitrogen and oxygen atoms in total. The van der Waals surface area contributed by atoms with Crippen molar-refractivity contribution in [3.8, 4) is 0 Å². The number of rotatable bonds is 6. The number of methoxy groups -OCH3 is 2. The molecule has 250 valence electrons. The molecule has 0 amide bonds. The number of alkyl halides is 18. The minimum absolute atomic E-state index is 0.496. The molecule has 2 N–H and O–H groups in total. The first-order valence-electron chi connectivity index (χ1n) is 9.96. The second kappa shape index (κ2) is 11.9. The highest BCUT2D eigenvalue weighted by Gasteiger charge is 2.77. The maximum atomic E-state index is 13.6. The summed E-state index contributed by atoms with van der Waals surface area (Å²) < 4.78 is 250. The van der Waals surface area contributed by atoms with Crippen LogP contribution in [0.25, 0.3) is 0 Å². The lowest BCUT2D eigenvalue weighted by molar-refractivity contribution is -0.386. The summed E-state index contributed by atoms with van der Waals surface area (Å²) in [4.78, 5) is 9.25. The topological polar surface area (TPSA) is 76.0 Å². The second-order valence-corrected chi connectivity index (χ2v) is 7.81. The van der Waals surface area contributed by atoms with Gasteiger partial charge in [-0.05, 0) is 18.2 Å². The van der Waals surface area contributed by atoms with Crippen LogP contribution in [0.4, 0.5) is 79.0 Å². The van der Waals surface area contributed by atoms with Crippen molar-refractivity contribution in [3.05, 3.63) is 47.5 Å². The van der Waals surface area contributed by atoms with Gasteiger partial charge >= 0.3 is 43.0 Å². The Balaban J connectivity index is 0.00000324. The summed E-state index contributed by atoms with van der Waals surface area (Å²) in [6.45, 7) is 2.96. The molecule has 0 heterocycles. The third-order valence-electron chi connectivity index (χ3n) is 5.37. The van der Waals surface area contributed by atoms with Crippen molar-refractivity contribution in [2.75, 3.05) is 14.2 Å². The van der Waals surface area contributed by atoms with Gasteiger partial charge < -0.3 is 19.7 Å². The van der Waals surface area contributed by atoms with Gasteiger partial charge in [0.25, 0.3) is 16.8 Å². The molecule has 0 unspecified atom stereocenters. The average molecular weight is 676 g/mol. The molecule has 0 aliphatic rings. The Labute approximate surface area is 226 Å². The zero-order valence-electron chi connectivity index (χ0n) is 20.4. The Morgan fingerprint density at radius 3 is 0.930 bits per heavy atom. The van der Waals surface area contributed by atoms with Gasteiger partial charge in [0.15, 0.2) is 0 Å². The predicted octanol–water partition coefficient (Wildman–Crippen LogP) is 7.19. The van der Waals surface area contributed by atoms with Gasteiger partial charge in [0.2, 0.25) is 0 Å². The van der Waals surface area contributed by atoms with Crippen LogP contribution in [0, 0.1) is 0 Å². The molecule has 0 spiro atoms. The van der Waals surface area contributed by atoms with Crippen LogP contribution in [0.2, 0.25) is 0 Å². The van der Waals surface area contributed by atoms with Crippen molar-refractivity contribution in [3.63, 3.8) is 0 Å². The number of halogens is 18. The molecule has 0 saturated carbocycles. The van der Waals surface area contributed by atoms with Gasteiger partial charge in [-0.25, -0.2) is 4.79 Å². The van der Waals surface area contributed by atoms with Crippen molar-refractivity contribution in [1.82, 2.24) is 0 Å². The number of aliphatic carboxylic acids is 1. The lowest BCUT2D eigenvalue weighted by Crippen LogP contribution is -2.58. The monoisotopic (exact) mass is 676 g/mol. The van der Waals surface area contributed by atoms with Crippen LogP contribution in [0.15, 0.2) is 30.9 Å². The SMILES string of the molecule is C=CC(=O)O.COC(c1cc(C(O)(C(F)(F)F)C(F)(F)F)cc(C(OC)(C(F)(F)F)C(F)(F)F)c1)(C(F)(F)F)C(F)(F)F. The summed E-state index contributed by atoms with van der Waals surface area (Å²) in [6.07, 6.45) is -41.5. The second-order valence-electron chi connectivity index (χ2n) is 7.81. The zero-order chi connectivity index (χ0) is 35.1. The molecular weight excluding hydrogens is 662 g/mol. The fourth-order valence-electron chi connectivity index (χ4n) is 3.41. The van der Waals surface area contributed by atoms with E-state index in [4.69, 9.17) is 5.11 Å². The van der Waals surface area contributed by atoms with E-state index in [9.17, 15) is 88.9 Å². The number of hydrogen-bond acceptors (Lipinski definition) is 4. The number of carbonyl (C=O) groups is 1. The minimum atomic E-state index is -7.18. The van der Waals surface area contributed by atoms with E-state index in [-0.39, 0.29) is 0 Å². The summed E-state index contributed by atoms with van der Waals surface area (Å²) in [7, 11) is -0.992. The van der Waals surface area contributed by atoms with E-state index in [0.717, 1.165) is 6.08 Å². The van der Waals surface area contributed by atoms with Crippen LogP contribution < -0.4 is 0 Å². The molecule has 1 rings (SSSR count). The van der Waals surface area contributed by atoms with Gasteiger partial charge in [0, 0.05) is 37.0 Å². The van der Waals surface area contributed by atoms with E-state index in [0.29, 0.717) is 0 Å². The Kier molecular flexibility index (Phi) is 11.0. The number of aliphatic hydroxyl groups is 1. The van der Waals surface area contributed by atoms with Crippen molar-refractivity contribution in [1.29, 1.82) is 0 Å². The third-order valence-corrected chi connectivity index (χ3v) is 5.37. The van der Waals surface area contributed by atoms with E-state index < -0.39 is 109 Å². The smallest absolute Gasteiger partial charge is 0.430 e. The number of benzene rings is 1. The first-order chi connectivity index (χ1) is 18.7. The highest BCUT2D eigenvalue weighted by molar-refractivity contribution is 5.78. The molecule has 0 aromatic heterocycles.